The summed E-state index contributed by atoms with van der Waals surface area (Å²) in [5.41, 5.74) is 2.10. The molecule has 0 saturated carbocycles. The lowest BCUT2D eigenvalue weighted by Crippen LogP contribution is -2.35. The van der Waals surface area contributed by atoms with Gasteiger partial charge in [-0.25, -0.2) is 9.37 Å². The predicted molar refractivity (Wildman–Crippen MR) is 99.4 cm³/mol. The van der Waals surface area contributed by atoms with Gasteiger partial charge in [-0.3, -0.25) is 9.69 Å². The van der Waals surface area contributed by atoms with E-state index in [0.717, 1.165) is 62.0 Å². The minimum absolute atomic E-state index is 0.0250. The van der Waals surface area contributed by atoms with Gasteiger partial charge in [0.15, 0.2) is 0 Å². The molecule has 7 heteroatoms. The number of hydrogen-bond acceptors (Lipinski definition) is 5. The summed E-state index contributed by atoms with van der Waals surface area (Å²) >= 11 is 1.58. The van der Waals surface area contributed by atoms with Crippen molar-refractivity contribution in [1.82, 2.24) is 15.2 Å². The van der Waals surface area contributed by atoms with E-state index in [1.54, 1.807) is 23.5 Å². The summed E-state index contributed by atoms with van der Waals surface area (Å²) in [5.74, 6) is -0.208. The first-order chi connectivity index (χ1) is 12.7. The van der Waals surface area contributed by atoms with Crippen LogP contribution in [0.1, 0.15) is 29.1 Å². The number of carbonyl (C=O) groups is 1. The molecule has 0 atom stereocenters. The van der Waals surface area contributed by atoms with Gasteiger partial charge in [0, 0.05) is 31.4 Å². The van der Waals surface area contributed by atoms with Gasteiger partial charge < -0.3 is 10.1 Å². The highest BCUT2D eigenvalue weighted by Gasteiger charge is 2.13. The van der Waals surface area contributed by atoms with Crippen molar-refractivity contribution in [3.05, 3.63) is 51.7 Å². The van der Waals surface area contributed by atoms with Crippen molar-refractivity contribution in [1.29, 1.82) is 0 Å². The number of rotatable bonds is 8. The molecule has 1 aliphatic heterocycles. The maximum Gasteiger partial charge on any atom is 0.220 e. The molecule has 0 spiro atoms. The fourth-order valence-corrected chi connectivity index (χ4v) is 3.58. The van der Waals surface area contributed by atoms with Crippen LogP contribution in [-0.4, -0.2) is 42.1 Å². The molecule has 3 rings (SSSR count). The highest BCUT2D eigenvalue weighted by atomic mass is 32.1. The summed E-state index contributed by atoms with van der Waals surface area (Å²) in [6.45, 7) is 4.76. The summed E-state index contributed by atoms with van der Waals surface area (Å²) in [6.07, 6.45) is 1.98. The summed E-state index contributed by atoms with van der Waals surface area (Å²) < 4.78 is 18.2. The van der Waals surface area contributed by atoms with Crippen LogP contribution in [0.3, 0.4) is 0 Å². The van der Waals surface area contributed by atoms with Gasteiger partial charge in [0.2, 0.25) is 5.91 Å². The van der Waals surface area contributed by atoms with Crippen LogP contribution in [0.5, 0.6) is 0 Å². The third-order valence-electron chi connectivity index (χ3n) is 4.31. The van der Waals surface area contributed by atoms with E-state index in [9.17, 15) is 9.18 Å². The van der Waals surface area contributed by atoms with Crippen molar-refractivity contribution < 1.29 is 13.9 Å². The molecule has 0 unspecified atom stereocenters. The number of nitrogens with one attached hydrogen (secondary N) is 1. The second kappa shape index (κ2) is 9.75. The minimum atomic E-state index is -0.233. The quantitative estimate of drug-likeness (QED) is 0.769. The van der Waals surface area contributed by atoms with E-state index in [1.165, 1.54) is 12.1 Å². The lowest BCUT2D eigenvalue weighted by Gasteiger charge is -2.25. The molecule has 1 aromatic heterocycles. The number of nitrogens with zero attached hydrogens (tertiary/aromatic N) is 2. The van der Waals surface area contributed by atoms with Gasteiger partial charge in [-0.15, -0.1) is 11.3 Å². The van der Waals surface area contributed by atoms with Gasteiger partial charge in [0.05, 0.1) is 25.5 Å². The molecular weight excluding hydrogens is 353 g/mol. The van der Waals surface area contributed by atoms with Crippen molar-refractivity contribution in [2.45, 2.75) is 32.4 Å². The van der Waals surface area contributed by atoms with E-state index in [0.29, 0.717) is 13.0 Å². The Morgan fingerprint density at radius 3 is 2.81 bits per heavy atom. The van der Waals surface area contributed by atoms with Gasteiger partial charge in [-0.2, -0.15) is 0 Å². The van der Waals surface area contributed by atoms with Crippen molar-refractivity contribution in [3.63, 3.8) is 0 Å². The number of hydrogen-bond donors (Lipinski definition) is 1. The van der Waals surface area contributed by atoms with E-state index < -0.39 is 0 Å². The van der Waals surface area contributed by atoms with Gasteiger partial charge in [0.1, 0.15) is 10.8 Å². The molecule has 0 bridgehead atoms. The Bertz CT molecular complexity index is 699. The monoisotopic (exact) mass is 377 g/mol. The largest absolute Gasteiger partial charge is 0.379 e. The van der Waals surface area contributed by atoms with Crippen molar-refractivity contribution in [2.24, 2.45) is 0 Å². The number of amides is 1. The topological polar surface area (TPSA) is 54.5 Å². The predicted octanol–water partition coefficient (Wildman–Crippen LogP) is 2.75. The van der Waals surface area contributed by atoms with Crippen LogP contribution in [-0.2, 0) is 29.0 Å². The van der Waals surface area contributed by atoms with Gasteiger partial charge >= 0.3 is 0 Å². The highest BCUT2D eigenvalue weighted by molar-refractivity contribution is 7.09. The normalized spacial score (nSPS) is 15.1. The molecule has 5 nitrogen and oxygen atoms in total. The molecule has 140 valence electrons. The smallest absolute Gasteiger partial charge is 0.220 e. The van der Waals surface area contributed by atoms with Crippen molar-refractivity contribution in [3.8, 4) is 0 Å². The first kappa shape index (κ1) is 18.9. The second-order valence-corrected chi connectivity index (χ2v) is 7.32. The zero-order chi connectivity index (χ0) is 18.2. The fourth-order valence-electron chi connectivity index (χ4n) is 2.86. The Kier molecular flexibility index (Phi) is 7.11. The van der Waals surface area contributed by atoms with E-state index in [4.69, 9.17) is 4.74 Å². The van der Waals surface area contributed by atoms with Crippen LogP contribution in [0.25, 0.3) is 0 Å². The van der Waals surface area contributed by atoms with E-state index in [2.05, 4.69) is 20.6 Å². The zero-order valence-corrected chi connectivity index (χ0v) is 15.6. The molecule has 1 N–H and O–H groups in total. The maximum absolute atomic E-state index is 12.9. The number of ether oxygens (including phenoxy) is 1. The van der Waals surface area contributed by atoms with Gasteiger partial charge in [0.25, 0.3) is 0 Å². The standard InChI is InChI=1S/C19H24FN3O2S/c20-16-6-4-15(5-7-16)2-1-3-18(24)21-12-19-22-17(14-26-19)13-23-8-10-25-11-9-23/h4-7,14H,1-3,8-13H2,(H,21,24). The van der Waals surface area contributed by atoms with Crippen LogP contribution in [0.2, 0.25) is 0 Å². The fraction of sp³-hybridized carbons (Fsp3) is 0.474. The van der Waals surface area contributed by atoms with E-state index >= 15 is 0 Å². The average molecular weight is 377 g/mol. The SMILES string of the molecule is O=C(CCCc1ccc(F)cc1)NCc1nc(CN2CCOCC2)cs1. The molecule has 26 heavy (non-hydrogen) atoms. The van der Waals surface area contributed by atoms with Gasteiger partial charge in [-0.1, -0.05) is 12.1 Å². The molecular formula is C19H24FN3O2S. The van der Waals surface area contributed by atoms with Crippen molar-refractivity contribution >= 4 is 17.2 Å². The Morgan fingerprint density at radius 1 is 1.27 bits per heavy atom. The Balaban J connectivity index is 1.34. The summed E-state index contributed by atoms with van der Waals surface area (Å²) in [4.78, 5) is 18.9. The van der Waals surface area contributed by atoms with Crippen LogP contribution in [0.4, 0.5) is 4.39 Å². The Labute approximate surface area is 157 Å². The molecule has 1 amide bonds. The lowest BCUT2D eigenvalue weighted by molar-refractivity contribution is -0.121. The van der Waals surface area contributed by atoms with E-state index in [1.807, 2.05) is 0 Å². The highest BCUT2D eigenvalue weighted by Crippen LogP contribution is 2.13. The summed E-state index contributed by atoms with van der Waals surface area (Å²) in [5, 5.41) is 5.92. The molecule has 2 aromatic rings. The number of carbonyl (C=O) groups excluding carboxylic acids is 1. The molecule has 1 saturated heterocycles. The molecule has 0 radical (unpaired) electrons. The number of aromatic nitrogens is 1. The summed E-state index contributed by atoms with van der Waals surface area (Å²) in [7, 11) is 0. The number of morpholine rings is 1. The second-order valence-electron chi connectivity index (χ2n) is 6.38. The van der Waals surface area contributed by atoms with Crippen LogP contribution in [0, 0.1) is 5.82 Å². The third-order valence-corrected chi connectivity index (χ3v) is 5.21. The summed E-state index contributed by atoms with van der Waals surface area (Å²) in [6, 6.07) is 6.43. The molecule has 1 fully saturated rings. The lowest BCUT2D eigenvalue weighted by atomic mass is 10.1. The Morgan fingerprint density at radius 2 is 2.04 bits per heavy atom. The van der Waals surface area contributed by atoms with Crippen LogP contribution in [0.15, 0.2) is 29.6 Å². The first-order valence-corrected chi connectivity index (χ1v) is 9.81. The Hall–Kier alpha value is -1.83. The molecule has 0 aliphatic carbocycles. The number of thiazole rings is 1. The zero-order valence-electron chi connectivity index (χ0n) is 14.7. The molecule has 2 heterocycles. The molecule has 1 aromatic carbocycles. The molecule has 1 aliphatic rings. The van der Waals surface area contributed by atoms with Crippen LogP contribution >= 0.6 is 11.3 Å². The van der Waals surface area contributed by atoms with Crippen molar-refractivity contribution in [2.75, 3.05) is 26.3 Å². The first-order valence-electron chi connectivity index (χ1n) is 8.93. The van der Waals surface area contributed by atoms with Crippen LogP contribution < -0.4 is 5.32 Å². The minimum Gasteiger partial charge on any atom is -0.379 e. The number of aryl methyl sites for hydroxylation is 1. The van der Waals surface area contributed by atoms with E-state index in [-0.39, 0.29) is 11.7 Å². The van der Waals surface area contributed by atoms with Gasteiger partial charge in [-0.05, 0) is 30.5 Å². The number of benzene rings is 1. The maximum atomic E-state index is 12.9. The third kappa shape index (κ3) is 6.16. The average Bonchev–Trinajstić information content (AvgIpc) is 3.10. The number of halogens is 1.